The van der Waals surface area contributed by atoms with Crippen LogP contribution in [0.4, 0.5) is 0 Å². The standard InChI is InChI=1S/C11H16N4O2S/c1-18-10-8(12-2-3-14-10)6-15-5-4-13-9(7-15)11(16)17/h2-3,9,13H,4-7H2,1H3,(H,16,17)/t9-/m0/s1. The fourth-order valence-electron chi connectivity index (χ4n) is 1.96. The van der Waals surface area contributed by atoms with Gasteiger partial charge in [-0.05, 0) is 6.26 Å². The Labute approximate surface area is 110 Å². The Morgan fingerprint density at radius 2 is 2.39 bits per heavy atom. The number of thioether (sulfide) groups is 1. The van der Waals surface area contributed by atoms with Gasteiger partial charge in [0.05, 0.1) is 5.69 Å². The molecule has 1 aromatic rings. The molecule has 0 bridgehead atoms. The Kier molecular flexibility index (Phi) is 4.51. The van der Waals surface area contributed by atoms with Crippen LogP contribution in [0, 0.1) is 0 Å². The minimum Gasteiger partial charge on any atom is -0.480 e. The van der Waals surface area contributed by atoms with Gasteiger partial charge in [0, 0.05) is 38.6 Å². The van der Waals surface area contributed by atoms with Crippen molar-refractivity contribution in [3.05, 3.63) is 18.1 Å². The zero-order chi connectivity index (χ0) is 13.0. The van der Waals surface area contributed by atoms with Gasteiger partial charge in [-0.25, -0.2) is 4.98 Å². The summed E-state index contributed by atoms with van der Waals surface area (Å²) < 4.78 is 0. The molecule has 0 radical (unpaired) electrons. The Morgan fingerprint density at radius 3 is 3.11 bits per heavy atom. The Balaban J connectivity index is 2.02. The second-order valence-electron chi connectivity index (χ2n) is 4.09. The van der Waals surface area contributed by atoms with Crippen LogP contribution in [0.15, 0.2) is 17.4 Å². The first-order valence-corrected chi connectivity index (χ1v) is 6.95. The van der Waals surface area contributed by atoms with Gasteiger partial charge in [-0.1, -0.05) is 0 Å². The minimum atomic E-state index is -0.802. The monoisotopic (exact) mass is 268 g/mol. The highest BCUT2D eigenvalue weighted by Crippen LogP contribution is 2.17. The molecule has 2 rings (SSSR count). The summed E-state index contributed by atoms with van der Waals surface area (Å²) in [5.74, 6) is -0.802. The lowest BCUT2D eigenvalue weighted by Crippen LogP contribution is -2.53. The number of nitrogens with one attached hydrogen (secondary N) is 1. The summed E-state index contributed by atoms with van der Waals surface area (Å²) in [5, 5.41) is 12.9. The van der Waals surface area contributed by atoms with E-state index in [4.69, 9.17) is 5.11 Å². The van der Waals surface area contributed by atoms with E-state index in [0.717, 1.165) is 17.3 Å². The van der Waals surface area contributed by atoms with Crippen molar-refractivity contribution in [3.8, 4) is 0 Å². The summed E-state index contributed by atoms with van der Waals surface area (Å²) in [5.41, 5.74) is 0.913. The van der Waals surface area contributed by atoms with E-state index < -0.39 is 12.0 Å². The third-order valence-electron chi connectivity index (χ3n) is 2.86. The van der Waals surface area contributed by atoms with Crippen LogP contribution in [-0.2, 0) is 11.3 Å². The number of carboxylic acid groups (broad SMARTS) is 1. The zero-order valence-electron chi connectivity index (χ0n) is 10.2. The van der Waals surface area contributed by atoms with E-state index in [9.17, 15) is 4.79 Å². The molecule has 1 fully saturated rings. The Morgan fingerprint density at radius 1 is 1.61 bits per heavy atom. The largest absolute Gasteiger partial charge is 0.480 e. The number of hydrogen-bond acceptors (Lipinski definition) is 6. The van der Waals surface area contributed by atoms with Crippen LogP contribution in [0.1, 0.15) is 5.69 Å². The molecule has 1 saturated heterocycles. The van der Waals surface area contributed by atoms with Gasteiger partial charge in [0.15, 0.2) is 0 Å². The number of hydrogen-bond donors (Lipinski definition) is 2. The number of piperazine rings is 1. The molecule has 2 N–H and O–H groups in total. The molecule has 0 unspecified atom stereocenters. The van der Waals surface area contributed by atoms with E-state index in [0.29, 0.717) is 19.6 Å². The fraction of sp³-hybridized carbons (Fsp3) is 0.545. The summed E-state index contributed by atoms with van der Waals surface area (Å²) in [4.78, 5) is 21.6. The molecule has 0 spiro atoms. The van der Waals surface area contributed by atoms with E-state index >= 15 is 0 Å². The van der Waals surface area contributed by atoms with Crippen molar-refractivity contribution in [2.75, 3.05) is 25.9 Å². The third kappa shape index (κ3) is 3.18. The highest BCUT2D eigenvalue weighted by atomic mass is 32.2. The predicted octanol–water partition coefficient (Wildman–Crippen LogP) is 0.0569. The molecular weight excluding hydrogens is 252 g/mol. The highest BCUT2D eigenvalue weighted by molar-refractivity contribution is 7.98. The topological polar surface area (TPSA) is 78.4 Å². The first kappa shape index (κ1) is 13.3. The van der Waals surface area contributed by atoms with E-state index in [-0.39, 0.29) is 0 Å². The lowest BCUT2D eigenvalue weighted by Gasteiger charge is -2.31. The number of carbonyl (C=O) groups is 1. The van der Waals surface area contributed by atoms with Crippen molar-refractivity contribution < 1.29 is 9.90 Å². The van der Waals surface area contributed by atoms with Crippen LogP contribution in [0.5, 0.6) is 0 Å². The van der Waals surface area contributed by atoms with Gasteiger partial charge in [-0.3, -0.25) is 14.7 Å². The second kappa shape index (κ2) is 6.12. The SMILES string of the molecule is CSc1nccnc1CN1CCN[C@H](C(=O)O)C1. The maximum absolute atomic E-state index is 11.0. The number of aromatic nitrogens is 2. The number of aliphatic carboxylic acids is 1. The molecule has 18 heavy (non-hydrogen) atoms. The van der Waals surface area contributed by atoms with Crippen LogP contribution in [0.25, 0.3) is 0 Å². The zero-order valence-corrected chi connectivity index (χ0v) is 11.0. The first-order chi connectivity index (χ1) is 8.70. The molecule has 1 atom stereocenters. The van der Waals surface area contributed by atoms with Gasteiger partial charge >= 0.3 is 5.97 Å². The van der Waals surface area contributed by atoms with Crippen LogP contribution >= 0.6 is 11.8 Å². The second-order valence-corrected chi connectivity index (χ2v) is 4.89. The van der Waals surface area contributed by atoms with Crippen LogP contribution in [0.3, 0.4) is 0 Å². The molecule has 1 aliphatic rings. The van der Waals surface area contributed by atoms with Crippen molar-refractivity contribution >= 4 is 17.7 Å². The van der Waals surface area contributed by atoms with E-state index in [1.54, 1.807) is 24.2 Å². The van der Waals surface area contributed by atoms with E-state index in [2.05, 4.69) is 20.2 Å². The Hall–Kier alpha value is -1.18. The fourth-order valence-corrected chi connectivity index (χ4v) is 2.48. The van der Waals surface area contributed by atoms with Crippen LogP contribution < -0.4 is 5.32 Å². The van der Waals surface area contributed by atoms with Crippen molar-refractivity contribution in [2.24, 2.45) is 0 Å². The summed E-state index contributed by atoms with van der Waals surface area (Å²) in [6, 6.07) is -0.492. The lowest BCUT2D eigenvalue weighted by atomic mass is 10.2. The molecule has 0 saturated carbocycles. The molecule has 7 heteroatoms. The van der Waals surface area contributed by atoms with E-state index in [1.807, 2.05) is 6.26 Å². The Bertz CT molecular complexity index is 429. The summed E-state index contributed by atoms with van der Waals surface area (Å²) in [6.45, 7) is 2.66. The van der Waals surface area contributed by atoms with Crippen LogP contribution in [0.2, 0.25) is 0 Å². The molecular formula is C11H16N4O2S. The molecule has 0 aromatic carbocycles. The van der Waals surface area contributed by atoms with Crippen LogP contribution in [-0.4, -0.2) is 57.9 Å². The van der Waals surface area contributed by atoms with Gasteiger partial charge in [0.25, 0.3) is 0 Å². The highest BCUT2D eigenvalue weighted by Gasteiger charge is 2.25. The number of rotatable bonds is 4. The molecule has 1 aliphatic heterocycles. The maximum Gasteiger partial charge on any atom is 0.322 e. The molecule has 0 aliphatic carbocycles. The van der Waals surface area contributed by atoms with Gasteiger partial charge < -0.3 is 10.4 Å². The van der Waals surface area contributed by atoms with Crippen molar-refractivity contribution in [1.29, 1.82) is 0 Å². The van der Waals surface area contributed by atoms with E-state index in [1.165, 1.54) is 0 Å². The molecule has 6 nitrogen and oxygen atoms in total. The third-order valence-corrected chi connectivity index (χ3v) is 3.59. The number of carboxylic acids is 1. The average Bonchev–Trinajstić information content (AvgIpc) is 2.39. The smallest absolute Gasteiger partial charge is 0.322 e. The van der Waals surface area contributed by atoms with Crippen molar-refractivity contribution in [1.82, 2.24) is 20.2 Å². The predicted molar refractivity (Wildman–Crippen MR) is 68.5 cm³/mol. The van der Waals surface area contributed by atoms with Gasteiger partial charge in [-0.15, -0.1) is 11.8 Å². The first-order valence-electron chi connectivity index (χ1n) is 5.73. The average molecular weight is 268 g/mol. The lowest BCUT2D eigenvalue weighted by molar-refractivity contribution is -0.140. The van der Waals surface area contributed by atoms with Crippen molar-refractivity contribution in [3.63, 3.8) is 0 Å². The van der Waals surface area contributed by atoms with Crippen molar-refractivity contribution in [2.45, 2.75) is 17.6 Å². The molecule has 98 valence electrons. The maximum atomic E-state index is 11.0. The molecule has 2 heterocycles. The number of nitrogens with zero attached hydrogens (tertiary/aromatic N) is 3. The normalized spacial score (nSPS) is 20.8. The minimum absolute atomic E-state index is 0.492. The quantitative estimate of drug-likeness (QED) is 0.747. The van der Waals surface area contributed by atoms with Gasteiger partial charge in [-0.2, -0.15) is 0 Å². The summed E-state index contributed by atoms with van der Waals surface area (Å²) in [6.07, 6.45) is 5.31. The molecule has 0 amide bonds. The molecule has 1 aromatic heterocycles. The van der Waals surface area contributed by atoms with Gasteiger partial charge in [0.2, 0.25) is 0 Å². The van der Waals surface area contributed by atoms with Gasteiger partial charge in [0.1, 0.15) is 11.1 Å². The summed E-state index contributed by atoms with van der Waals surface area (Å²) >= 11 is 1.56. The summed E-state index contributed by atoms with van der Waals surface area (Å²) in [7, 11) is 0.